The van der Waals surface area contributed by atoms with Gasteiger partial charge in [0.25, 0.3) is 0 Å². The van der Waals surface area contributed by atoms with Crippen LogP contribution < -0.4 is 15.8 Å². The minimum Gasteiger partial charge on any atom is -0.455 e. The lowest BCUT2D eigenvalue weighted by molar-refractivity contribution is 0.259. The molecule has 2 heterocycles. The monoisotopic (exact) mass is 319 g/mol. The average molecular weight is 320 g/mol. The molecule has 0 aliphatic rings. The molecule has 0 aliphatic heterocycles. The Hall–Kier alpha value is -2.31. The number of primary amides is 1. The summed E-state index contributed by atoms with van der Waals surface area (Å²) in [4.78, 5) is 15.0. The number of ether oxygens (including phenoxy) is 1. The molecule has 3 N–H and O–H groups in total. The van der Waals surface area contributed by atoms with E-state index in [1.54, 1.807) is 42.7 Å². The first-order valence-corrected chi connectivity index (χ1v) is 7.19. The Balaban J connectivity index is 1.96. The van der Waals surface area contributed by atoms with Crippen molar-refractivity contribution < 1.29 is 9.53 Å². The van der Waals surface area contributed by atoms with Crippen molar-refractivity contribution in [2.24, 2.45) is 5.73 Å². The SMILES string of the molecule is NC(=O)Nc1cc2c(Oc3ccc(Cl)cc3)cncc2s1. The molecule has 0 fully saturated rings. The Kier molecular flexibility index (Phi) is 3.64. The number of thiophene rings is 1. The zero-order valence-corrected chi connectivity index (χ0v) is 12.2. The van der Waals surface area contributed by atoms with Gasteiger partial charge in [0.2, 0.25) is 0 Å². The van der Waals surface area contributed by atoms with Gasteiger partial charge in [0.05, 0.1) is 15.9 Å². The van der Waals surface area contributed by atoms with Crippen molar-refractivity contribution in [3.05, 3.63) is 47.7 Å². The zero-order chi connectivity index (χ0) is 14.8. The largest absolute Gasteiger partial charge is 0.455 e. The van der Waals surface area contributed by atoms with Crippen LogP contribution in [0.4, 0.5) is 9.80 Å². The molecule has 1 aromatic carbocycles. The fourth-order valence-electron chi connectivity index (χ4n) is 1.83. The molecule has 0 spiro atoms. The fourth-order valence-corrected chi connectivity index (χ4v) is 2.90. The lowest BCUT2D eigenvalue weighted by atomic mass is 10.3. The summed E-state index contributed by atoms with van der Waals surface area (Å²) in [7, 11) is 0. The van der Waals surface area contributed by atoms with E-state index in [-0.39, 0.29) is 0 Å². The van der Waals surface area contributed by atoms with Crippen LogP contribution in [-0.2, 0) is 0 Å². The number of hydrogen-bond acceptors (Lipinski definition) is 4. The van der Waals surface area contributed by atoms with Crippen LogP contribution in [0.5, 0.6) is 11.5 Å². The van der Waals surface area contributed by atoms with Gasteiger partial charge in [-0.2, -0.15) is 0 Å². The molecular formula is C14H10ClN3O2S. The molecule has 5 nitrogen and oxygen atoms in total. The molecule has 0 radical (unpaired) electrons. The third-order valence-electron chi connectivity index (χ3n) is 2.70. The van der Waals surface area contributed by atoms with Crippen LogP contribution in [0.25, 0.3) is 10.1 Å². The molecule has 3 aromatic rings. The molecule has 2 aromatic heterocycles. The first kappa shape index (κ1) is 13.7. The van der Waals surface area contributed by atoms with Crippen LogP contribution in [0.3, 0.4) is 0 Å². The fraction of sp³-hybridized carbons (Fsp3) is 0. The highest BCUT2D eigenvalue weighted by molar-refractivity contribution is 7.23. The van der Waals surface area contributed by atoms with Crippen LogP contribution in [-0.4, -0.2) is 11.0 Å². The van der Waals surface area contributed by atoms with Crippen molar-refractivity contribution >= 4 is 44.1 Å². The van der Waals surface area contributed by atoms with Crippen LogP contribution in [0.2, 0.25) is 5.02 Å². The number of rotatable bonds is 3. The third-order valence-corrected chi connectivity index (χ3v) is 3.93. The highest BCUT2D eigenvalue weighted by Gasteiger charge is 2.10. The van der Waals surface area contributed by atoms with E-state index in [0.717, 1.165) is 10.1 Å². The first-order valence-electron chi connectivity index (χ1n) is 5.99. The molecule has 0 bridgehead atoms. The van der Waals surface area contributed by atoms with E-state index >= 15 is 0 Å². The maximum Gasteiger partial charge on any atom is 0.317 e. The van der Waals surface area contributed by atoms with Gasteiger partial charge >= 0.3 is 6.03 Å². The van der Waals surface area contributed by atoms with Gasteiger partial charge in [-0.3, -0.25) is 10.3 Å². The maximum atomic E-state index is 10.9. The minimum atomic E-state index is -0.602. The van der Waals surface area contributed by atoms with Gasteiger partial charge < -0.3 is 10.5 Å². The molecule has 0 atom stereocenters. The normalized spacial score (nSPS) is 10.5. The summed E-state index contributed by atoms with van der Waals surface area (Å²) in [6, 6.07) is 8.25. The van der Waals surface area contributed by atoms with Gasteiger partial charge in [0.1, 0.15) is 5.75 Å². The Morgan fingerprint density at radius 3 is 2.76 bits per heavy atom. The van der Waals surface area contributed by atoms with E-state index in [2.05, 4.69) is 10.3 Å². The van der Waals surface area contributed by atoms with E-state index in [9.17, 15) is 4.79 Å². The number of benzene rings is 1. The minimum absolute atomic E-state index is 0.601. The Bertz CT molecular complexity index is 802. The molecule has 0 saturated heterocycles. The number of anilines is 1. The Morgan fingerprint density at radius 1 is 1.29 bits per heavy atom. The zero-order valence-electron chi connectivity index (χ0n) is 10.7. The van der Waals surface area contributed by atoms with Crippen molar-refractivity contribution in [2.45, 2.75) is 0 Å². The second kappa shape index (κ2) is 5.59. The van der Waals surface area contributed by atoms with Crippen LogP contribution in [0.15, 0.2) is 42.7 Å². The number of carbonyl (C=O) groups is 1. The van der Waals surface area contributed by atoms with E-state index in [4.69, 9.17) is 22.1 Å². The number of amides is 2. The molecule has 0 aliphatic carbocycles. The Morgan fingerprint density at radius 2 is 2.05 bits per heavy atom. The molecule has 0 unspecified atom stereocenters. The molecular weight excluding hydrogens is 310 g/mol. The van der Waals surface area contributed by atoms with Gasteiger partial charge in [0, 0.05) is 16.6 Å². The van der Waals surface area contributed by atoms with Crippen molar-refractivity contribution in [3.63, 3.8) is 0 Å². The highest BCUT2D eigenvalue weighted by Crippen LogP contribution is 2.36. The quantitative estimate of drug-likeness (QED) is 0.758. The third kappa shape index (κ3) is 3.07. The van der Waals surface area contributed by atoms with Gasteiger partial charge in [-0.1, -0.05) is 11.6 Å². The smallest absolute Gasteiger partial charge is 0.317 e. The number of hydrogen-bond donors (Lipinski definition) is 2. The van der Waals surface area contributed by atoms with Gasteiger partial charge in [-0.25, -0.2) is 4.79 Å². The highest BCUT2D eigenvalue weighted by atomic mass is 35.5. The lowest BCUT2D eigenvalue weighted by Crippen LogP contribution is -2.18. The van der Waals surface area contributed by atoms with E-state index in [1.165, 1.54) is 11.3 Å². The number of aromatic nitrogens is 1. The summed E-state index contributed by atoms with van der Waals surface area (Å²) in [6.45, 7) is 0. The number of halogens is 1. The molecule has 106 valence electrons. The van der Waals surface area contributed by atoms with Crippen molar-refractivity contribution in [2.75, 3.05) is 5.32 Å². The summed E-state index contributed by atoms with van der Waals surface area (Å²) in [6.07, 6.45) is 3.33. The molecule has 3 rings (SSSR count). The Labute approximate surface area is 129 Å². The average Bonchev–Trinajstić information content (AvgIpc) is 2.84. The standard InChI is InChI=1S/C14H10ClN3O2S/c15-8-1-3-9(4-2-8)20-11-6-17-7-12-10(11)5-13(21-12)18-14(16)19/h1-7H,(H3,16,18,19). The van der Waals surface area contributed by atoms with Gasteiger partial charge in [-0.05, 0) is 30.3 Å². The van der Waals surface area contributed by atoms with E-state index in [0.29, 0.717) is 21.5 Å². The number of nitrogens with one attached hydrogen (secondary N) is 1. The number of pyridine rings is 1. The lowest BCUT2D eigenvalue weighted by Gasteiger charge is -2.06. The predicted octanol–water partition coefficient (Wildman–Crippen LogP) is 4.23. The number of nitrogens with two attached hydrogens (primary N) is 1. The van der Waals surface area contributed by atoms with E-state index < -0.39 is 6.03 Å². The molecule has 2 amide bonds. The number of fused-ring (bicyclic) bond motifs is 1. The second-order valence-electron chi connectivity index (χ2n) is 4.21. The summed E-state index contributed by atoms with van der Waals surface area (Å²) >= 11 is 7.22. The summed E-state index contributed by atoms with van der Waals surface area (Å²) in [5, 5.41) is 4.69. The number of nitrogens with zero attached hydrogens (tertiary/aromatic N) is 1. The molecule has 0 saturated carbocycles. The van der Waals surface area contributed by atoms with E-state index in [1.807, 2.05) is 0 Å². The first-order chi connectivity index (χ1) is 10.1. The van der Waals surface area contributed by atoms with Crippen LogP contribution in [0, 0.1) is 0 Å². The molecule has 7 heteroatoms. The number of carbonyl (C=O) groups excluding carboxylic acids is 1. The van der Waals surface area contributed by atoms with Crippen LogP contribution >= 0.6 is 22.9 Å². The predicted molar refractivity (Wildman–Crippen MR) is 84.4 cm³/mol. The summed E-state index contributed by atoms with van der Waals surface area (Å²) in [5.74, 6) is 1.26. The van der Waals surface area contributed by atoms with Crippen molar-refractivity contribution in [1.82, 2.24) is 4.98 Å². The maximum absolute atomic E-state index is 10.9. The van der Waals surface area contributed by atoms with Crippen LogP contribution in [0.1, 0.15) is 0 Å². The van der Waals surface area contributed by atoms with Gasteiger partial charge in [0.15, 0.2) is 5.75 Å². The molecule has 21 heavy (non-hydrogen) atoms. The topological polar surface area (TPSA) is 77.2 Å². The van der Waals surface area contributed by atoms with Crippen molar-refractivity contribution in [1.29, 1.82) is 0 Å². The van der Waals surface area contributed by atoms with Gasteiger partial charge in [-0.15, -0.1) is 11.3 Å². The number of urea groups is 1. The van der Waals surface area contributed by atoms with Crippen molar-refractivity contribution in [3.8, 4) is 11.5 Å². The second-order valence-corrected chi connectivity index (χ2v) is 5.73. The summed E-state index contributed by atoms with van der Waals surface area (Å²) < 4.78 is 6.70. The summed E-state index contributed by atoms with van der Waals surface area (Å²) in [5.41, 5.74) is 5.12.